The molecule has 126 valence electrons. The summed E-state index contributed by atoms with van der Waals surface area (Å²) in [6.07, 6.45) is 4.60. The van der Waals surface area contributed by atoms with Gasteiger partial charge in [-0.1, -0.05) is 20.8 Å². The van der Waals surface area contributed by atoms with Gasteiger partial charge in [-0.05, 0) is 36.0 Å². The first-order chi connectivity index (χ1) is 10.5. The molecule has 4 heteroatoms. The molecule has 4 atom stereocenters. The van der Waals surface area contributed by atoms with E-state index < -0.39 is 0 Å². The number of hydrogen-bond donors (Lipinski definition) is 0. The molecule has 2 saturated heterocycles. The molecule has 4 nitrogen and oxygen atoms in total. The molecule has 0 spiro atoms. The van der Waals surface area contributed by atoms with Crippen molar-refractivity contribution in [2.45, 2.75) is 52.2 Å². The Kier molecular flexibility index (Phi) is 3.61. The van der Waals surface area contributed by atoms with E-state index in [1.165, 1.54) is 19.3 Å². The molecule has 0 radical (unpaired) electrons. The highest BCUT2D eigenvalue weighted by Gasteiger charge is 2.68. The summed E-state index contributed by atoms with van der Waals surface area (Å²) in [4.78, 5) is 0. The second-order valence-electron chi connectivity index (χ2n) is 8.71. The molecule has 0 N–H and O–H groups in total. The van der Waals surface area contributed by atoms with Gasteiger partial charge in [-0.25, -0.2) is 0 Å². The van der Waals surface area contributed by atoms with Crippen molar-refractivity contribution in [3.63, 3.8) is 0 Å². The zero-order valence-corrected chi connectivity index (χ0v) is 14.2. The summed E-state index contributed by atoms with van der Waals surface area (Å²) in [5.41, 5.74) is 0.842. The molecule has 0 aromatic rings. The van der Waals surface area contributed by atoms with Crippen LogP contribution in [0.25, 0.3) is 0 Å². The first kappa shape index (κ1) is 15.4. The van der Waals surface area contributed by atoms with E-state index in [1.54, 1.807) is 0 Å². The molecular formula is C18H30O4. The predicted molar refractivity (Wildman–Crippen MR) is 82.8 cm³/mol. The van der Waals surface area contributed by atoms with Crippen molar-refractivity contribution in [1.29, 1.82) is 0 Å². The van der Waals surface area contributed by atoms with Gasteiger partial charge in [0.15, 0.2) is 0 Å². The minimum atomic E-state index is 0.156. The quantitative estimate of drug-likeness (QED) is 0.647. The molecule has 4 aliphatic rings. The van der Waals surface area contributed by atoms with Crippen LogP contribution in [0.3, 0.4) is 0 Å². The van der Waals surface area contributed by atoms with Gasteiger partial charge < -0.3 is 18.9 Å². The largest absolute Gasteiger partial charge is 0.378 e. The maximum absolute atomic E-state index is 6.09. The van der Waals surface area contributed by atoms with Crippen molar-refractivity contribution in [3.05, 3.63) is 0 Å². The smallest absolute Gasteiger partial charge is 0.104 e. The zero-order valence-electron chi connectivity index (χ0n) is 14.2. The van der Waals surface area contributed by atoms with Gasteiger partial charge in [-0.15, -0.1) is 0 Å². The minimum Gasteiger partial charge on any atom is -0.378 e. The minimum absolute atomic E-state index is 0.156. The molecule has 2 aliphatic heterocycles. The van der Waals surface area contributed by atoms with Gasteiger partial charge in [0.2, 0.25) is 0 Å². The number of ether oxygens (including phenoxy) is 4. The third kappa shape index (κ3) is 2.34. The molecule has 2 aliphatic carbocycles. The summed E-state index contributed by atoms with van der Waals surface area (Å²) < 4.78 is 22.8. The van der Waals surface area contributed by atoms with E-state index in [1.807, 2.05) is 0 Å². The first-order valence-electron chi connectivity index (χ1n) is 8.86. The Bertz CT molecular complexity index is 409. The Morgan fingerprint density at radius 3 is 1.86 bits per heavy atom. The summed E-state index contributed by atoms with van der Waals surface area (Å²) in [7, 11) is 0. The van der Waals surface area contributed by atoms with E-state index in [4.69, 9.17) is 18.9 Å². The summed E-state index contributed by atoms with van der Waals surface area (Å²) in [5, 5.41) is 0. The lowest BCUT2D eigenvalue weighted by Gasteiger charge is -2.48. The van der Waals surface area contributed by atoms with Crippen LogP contribution in [-0.4, -0.2) is 51.8 Å². The predicted octanol–water partition coefficient (Wildman–Crippen LogP) is 2.65. The Morgan fingerprint density at radius 1 is 0.955 bits per heavy atom. The second-order valence-corrected chi connectivity index (χ2v) is 8.71. The average Bonchev–Trinajstić information content (AvgIpc) is 3.35. The number of epoxide rings is 2. The molecule has 4 unspecified atom stereocenters. The normalized spacial score (nSPS) is 47.9. The average molecular weight is 310 g/mol. The molecule has 0 aromatic heterocycles. The van der Waals surface area contributed by atoms with E-state index >= 15 is 0 Å². The van der Waals surface area contributed by atoms with Crippen LogP contribution in [0, 0.1) is 22.2 Å². The van der Waals surface area contributed by atoms with Crippen molar-refractivity contribution < 1.29 is 18.9 Å². The standard InChI is InChI=1S/C18H30O4/c1-16(2)13-4-5-17(16,3)18(6-13,11-19-7-14-9-21-14)12-20-8-15-10-22-15/h13-15H,4-12H2,1-3H3. The molecule has 4 rings (SSSR count). The van der Waals surface area contributed by atoms with Crippen LogP contribution in [0.5, 0.6) is 0 Å². The third-order valence-corrected chi connectivity index (χ3v) is 7.41. The van der Waals surface area contributed by atoms with E-state index in [0.717, 1.165) is 45.6 Å². The summed E-state index contributed by atoms with van der Waals surface area (Å²) in [6, 6.07) is 0. The number of hydrogen-bond acceptors (Lipinski definition) is 4. The molecule has 0 aromatic carbocycles. The van der Waals surface area contributed by atoms with Gasteiger partial charge in [0.05, 0.1) is 39.6 Å². The molecule has 2 bridgehead atoms. The highest BCUT2D eigenvalue weighted by molar-refractivity contribution is 5.16. The summed E-state index contributed by atoms with van der Waals surface area (Å²) in [6.45, 7) is 12.3. The van der Waals surface area contributed by atoms with Crippen LogP contribution in [-0.2, 0) is 18.9 Å². The molecule has 0 amide bonds. The highest BCUT2D eigenvalue weighted by atomic mass is 16.6. The molecule has 4 fully saturated rings. The Hall–Kier alpha value is -0.160. The maximum atomic E-state index is 6.09. The topological polar surface area (TPSA) is 43.5 Å². The van der Waals surface area contributed by atoms with Crippen LogP contribution in [0.1, 0.15) is 40.0 Å². The van der Waals surface area contributed by atoms with Gasteiger partial charge in [-0.3, -0.25) is 0 Å². The fourth-order valence-electron chi connectivity index (χ4n) is 5.18. The van der Waals surface area contributed by atoms with Crippen molar-refractivity contribution in [2.24, 2.45) is 22.2 Å². The molecule has 2 heterocycles. The summed E-state index contributed by atoms with van der Waals surface area (Å²) >= 11 is 0. The van der Waals surface area contributed by atoms with Gasteiger partial charge in [-0.2, -0.15) is 0 Å². The maximum Gasteiger partial charge on any atom is 0.104 e. The van der Waals surface area contributed by atoms with Gasteiger partial charge >= 0.3 is 0 Å². The van der Waals surface area contributed by atoms with Crippen molar-refractivity contribution in [3.8, 4) is 0 Å². The van der Waals surface area contributed by atoms with Crippen molar-refractivity contribution >= 4 is 0 Å². The van der Waals surface area contributed by atoms with Crippen molar-refractivity contribution in [1.82, 2.24) is 0 Å². The second kappa shape index (κ2) is 5.17. The summed E-state index contributed by atoms with van der Waals surface area (Å²) in [5.74, 6) is 0.805. The van der Waals surface area contributed by atoms with Gasteiger partial charge in [0, 0.05) is 5.41 Å². The fourth-order valence-corrected chi connectivity index (χ4v) is 5.18. The van der Waals surface area contributed by atoms with E-state index in [-0.39, 0.29) is 5.41 Å². The van der Waals surface area contributed by atoms with Gasteiger partial charge in [0.25, 0.3) is 0 Å². The lowest BCUT2D eigenvalue weighted by atomic mass is 9.59. The third-order valence-electron chi connectivity index (χ3n) is 7.41. The molecular weight excluding hydrogens is 280 g/mol. The SMILES string of the molecule is CC1(C)C2CCC1(C)C(COCC1CO1)(COCC1CO1)C2. The van der Waals surface area contributed by atoms with E-state index in [9.17, 15) is 0 Å². The number of fused-ring (bicyclic) bond motifs is 2. The Balaban J connectivity index is 1.46. The highest BCUT2D eigenvalue weighted by Crippen LogP contribution is 2.73. The molecule has 22 heavy (non-hydrogen) atoms. The van der Waals surface area contributed by atoms with Crippen LogP contribution in [0.4, 0.5) is 0 Å². The van der Waals surface area contributed by atoms with Gasteiger partial charge in [0.1, 0.15) is 12.2 Å². The van der Waals surface area contributed by atoms with Crippen LogP contribution < -0.4 is 0 Å². The van der Waals surface area contributed by atoms with E-state index in [0.29, 0.717) is 23.0 Å². The fraction of sp³-hybridized carbons (Fsp3) is 1.00. The molecule has 2 saturated carbocycles. The van der Waals surface area contributed by atoms with Crippen LogP contribution in [0.2, 0.25) is 0 Å². The lowest BCUT2D eigenvalue weighted by Crippen LogP contribution is -2.48. The Morgan fingerprint density at radius 2 is 1.50 bits per heavy atom. The van der Waals surface area contributed by atoms with Crippen LogP contribution in [0.15, 0.2) is 0 Å². The zero-order chi connectivity index (χ0) is 15.4. The number of rotatable bonds is 8. The van der Waals surface area contributed by atoms with Crippen molar-refractivity contribution in [2.75, 3.05) is 39.6 Å². The first-order valence-corrected chi connectivity index (χ1v) is 8.86. The Labute approximate surface area is 133 Å². The van der Waals surface area contributed by atoms with E-state index in [2.05, 4.69) is 20.8 Å². The monoisotopic (exact) mass is 310 g/mol. The lowest BCUT2D eigenvalue weighted by molar-refractivity contribution is -0.106. The van der Waals surface area contributed by atoms with Crippen LogP contribution >= 0.6 is 0 Å².